The van der Waals surface area contributed by atoms with Gasteiger partial charge in [0.15, 0.2) is 0 Å². The number of hydrogen-bond acceptors (Lipinski definition) is 3. The zero-order chi connectivity index (χ0) is 20.5. The number of rotatable bonds is 4. The van der Waals surface area contributed by atoms with Crippen LogP contribution in [0.3, 0.4) is 0 Å². The number of benzene rings is 1. The third kappa shape index (κ3) is 4.11. The summed E-state index contributed by atoms with van der Waals surface area (Å²) in [5, 5.41) is 3.34. The average Bonchev–Trinajstić information content (AvgIpc) is 2.80. The molecule has 3 rings (SSSR count). The lowest BCUT2D eigenvalue weighted by atomic mass is 10.2. The van der Waals surface area contributed by atoms with Gasteiger partial charge in [-0.25, -0.2) is 8.42 Å². The van der Waals surface area contributed by atoms with Gasteiger partial charge in [0, 0.05) is 29.5 Å². The number of carbonyl (C=O) groups is 1. The quantitative estimate of drug-likeness (QED) is 0.764. The monoisotopic (exact) mass is 423 g/mol. The number of aromatic amines is 1. The van der Waals surface area contributed by atoms with Crippen LogP contribution in [0.2, 0.25) is 5.02 Å². The summed E-state index contributed by atoms with van der Waals surface area (Å²) in [7, 11) is -3.64. The molecule has 0 spiro atoms. The second-order valence-corrected chi connectivity index (χ2v) is 9.60. The molecule has 1 amide bonds. The van der Waals surface area contributed by atoms with Gasteiger partial charge in [0.2, 0.25) is 10.0 Å². The predicted octanol–water partition coefficient (Wildman–Crippen LogP) is 4.41. The fourth-order valence-corrected chi connectivity index (χ4v) is 5.73. The average molecular weight is 424 g/mol. The standard InChI is InChI=1S/C20H26ClN3O3S/c1-13-8-9-16(12-17(13)21)23-20(25)18-14(2)19(15(3)22-18)28(26,27)24-10-6-4-5-7-11-24/h8-9,12,22H,4-7,10-11H2,1-3H3,(H,23,25). The Morgan fingerprint density at radius 1 is 1.11 bits per heavy atom. The van der Waals surface area contributed by atoms with Crippen LogP contribution in [0.1, 0.15) is 53.0 Å². The van der Waals surface area contributed by atoms with Crippen molar-refractivity contribution in [3.05, 3.63) is 45.7 Å². The second kappa shape index (κ2) is 8.27. The summed E-state index contributed by atoms with van der Waals surface area (Å²) in [6, 6.07) is 5.26. The third-order valence-electron chi connectivity index (χ3n) is 5.19. The smallest absolute Gasteiger partial charge is 0.272 e. The SMILES string of the molecule is Cc1ccc(NC(=O)c2[nH]c(C)c(S(=O)(=O)N3CCCCCC3)c2C)cc1Cl. The van der Waals surface area contributed by atoms with E-state index in [1.54, 1.807) is 30.3 Å². The van der Waals surface area contributed by atoms with Crippen molar-refractivity contribution in [2.75, 3.05) is 18.4 Å². The Morgan fingerprint density at radius 3 is 2.36 bits per heavy atom. The lowest BCUT2D eigenvalue weighted by Gasteiger charge is -2.20. The predicted molar refractivity (Wildman–Crippen MR) is 112 cm³/mol. The van der Waals surface area contributed by atoms with E-state index in [1.807, 2.05) is 13.0 Å². The molecule has 1 saturated heterocycles. The van der Waals surface area contributed by atoms with Crippen LogP contribution in [0.25, 0.3) is 0 Å². The van der Waals surface area contributed by atoms with Crippen molar-refractivity contribution >= 4 is 33.2 Å². The number of halogens is 1. The number of carbonyl (C=O) groups excluding carboxylic acids is 1. The van der Waals surface area contributed by atoms with Gasteiger partial charge < -0.3 is 10.3 Å². The first-order chi connectivity index (χ1) is 13.2. The summed E-state index contributed by atoms with van der Waals surface area (Å²) in [5.74, 6) is -0.391. The van der Waals surface area contributed by atoms with Gasteiger partial charge >= 0.3 is 0 Å². The normalized spacial score (nSPS) is 16.0. The van der Waals surface area contributed by atoms with E-state index >= 15 is 0 Å². The molecule has 6 nitrogen and oxygen atoms in total. The summed E-state index contributed by atoms with van der Waals surface area (Å²) in [5.41, 5.74) is 2.65. The molecule has 152 valence electrons. The molecule has 8 heteroatoms. The van der Waals surface area contributed by atoms with E-state index < -0.39 is 15.9 Å². The maximum Gasteiger partial charge on any atom is 0.272 e. The maximum absolute atomic E-state index is 13.2. The van der Waals surface area contributed by atoms with Gasteiger partial charge in [-0.05, 0) is 56.9 Å². The van der Waals surface area contributed by atoms with E-state index in [1.165, 1.54) is 0 Å². The molecule has 0 unspecified atom stereocenters. The minimum atomic E-state index is -3.64. The number of amides is 1. The number of aromatic nitrogens is 1. The molecule has 2 N–H and O–H groups in total. The van der Waals surface area contributed by atoms with Crippen molar-refractivity contribution in [1.82, 2.24) is 9.29 Å². The maximum atomic E-state index is 13.2. The van der Waals surface area contributed by atoms with Crippen LogP contribution in [0.5, 0.6) is 0 Å². The van der Waals surface area contributed by atoms with Gasteiger partial charge in [0.25, 0.3) is 5.91 Å². The number of sulfonamides is 1. The molecule has 28 heavy (non-hydrogen) atoms. The largest absolute Gasteiger partial charge is 0.353 e. The molecule has 0 atom stereocenters. The fraction of sp³-hybridized carbons (Fsp3) is 0.450. The van der Waals surface area contributed by atoms with Crippen molar-refractivity contribution in [3.63, 3.8) is 0 Å². The topological polar surface area (TPSA) is 82.3 Å². The van der Waals surface area contributed by atoms with Crippen LogP contribution in [-0.2, 0) is 10.0 Å². The third-order valence-corrected chi connectivity index (χ3v) is 7.77. The van der Waals surface area contributed by atoms with E-state index in [-0.39, 0.29) is 10.6 Å². The molecule has 0 saturated carbocycles. The molecule has 1 aromatic carbocycles. The first kappa shape index (κ1) is 20.9. The number of aryl methyl sites for hydroxylation is 2. The van der Waals surface area contributed by atoms with E-state index in [4.69, 9.17) is 11.6 Å². The molecular weight excluding hydrogens is 398 g/mol. The number of H-pyrrole nitrogens is 1. The van der Waals surface area contributed by atoms with E-state index in [0.29, 0.717) is 35.1 Å². The molecule has 2 heterocycles. The van der Waals surface area contributed by atoms with Crippen LogP contribution in [-0.4, -0.2) is 36.7 Å². The van der Waals surface area contributed by atoms with Crippen LogP contribution < -0.4 is 5.32 Å². The van der Waals surface area contributed by atoms with Crippen molar-refractivity contribution < 1.29 is 13.2 Å². The lowest BCUT2D eigenvalue weighted by molar-refractivity contribution is 0.102. The fourth-order valence-electron chi connectivity index (χ4n) is 3.62. The van der Waals surface area contributed by atoms with Crippen molar-refractivity contribution in [2.24, 2.45) is 0 Å². The number of nitrogens with zero attached hydrogens (tertiary/aromatic N) is 1. The van der Waals surface area contributed by atoms with Crippen molar-refractivity contribution in [1.29, 1.82) is 0 Å². The summed E-state index contributed by atoms with van der Waals surface area (Å²) in [6.45, 7) is 6.29. The van der Waals surface area contributed by atoms with Crippen LogP contribution in [0, 0.1) is 20.8 Å². The Labute approximate surface area is 171 Å². The molecule has 0 aliphatic carbocycles. The molecule has 2 aromatic rings. The molecule has 1 aliphatic heterocycles. The summed E-state index contributed by atoms with van der Waals surface area (Å²) in [6.07, 6.45) is 3.82. The Bertz CT molecular complexity index is 990. The molecule has 1 fully saturated rings. The van der Waals surface area contributed by atoms with E-state index in [2.05, 4.69) is 10.3 Å². The first-order valence-corrected chi connectivity index (χ1v) is 11.3. The minimum absolute atomic E-state index is 0.210. The summed E-state index contributed by atoms with van der Waals surface area (Å²) < 4.78 is 28.0. The molecule has 0 bridgehead atoms. The summed E-state index contributed by atoms with van der Waals surface area (Å²) in [4.78, 5) is 15.9. The Morgan fingerprint density at radius 2 is 1.75 bits per heavy atom. The molecule has 0 radical (unpaired) electrons. The van der Waals surface area contributed by atoms with Gasteiger partial charge in [-0.1, -0.05) is 30.5 Å². The van der Waals surface area contributed by atoms with Crippen molar-refractivity contribution in [2.45, 2.75) is 51.3 Å². The number of anilines is 1. The second-order valence-electron chi connectivity index (χ2n) is 7.32. The van der Waals surface area contributed by atoms with Crippen LogP contribution in [0.4, 0.5) is 5.69 Å². The highest BCUT2D eigenvalue weighted by Crippen LogP contribution is 2.29. The highest BCUT2D eigenvalue weighted by molar-refractivity contribution is 7.89. The van der Waals surface area contributed by atoms with Gasteiger partial charge in [0.05, 0.1) is 0 Å². The highest BCUT2D eigenvalue weighted by atomic mass is 35.5. The van der Waals surface area contributed by atoms with Crippen LogP contribution in [0.15, 0.2) is 23.1 Å². The van der Waals surface area contributed by atoms with E-state index in [9.17, 15) is 13.2 Å². The molecule has 1 aliphatic rings. The van der Waals surface area contributed by atoms with Crippen LogP contribution >= 0.6 is 11.6 Å². The Hall–Kier alpha value is -1.83. The summed E-state index contributed by atoms with van der Waals surface area (Å²) >= 11 is 6.12. The zero-order valence-corrected chi connectivity index (χ0v) is 18.0. The molecule has 1 aromatic heterocycles. The van der Waals surface area contributed by atoms with Crippen molar-refractivity contribution in [3.8, 4) is 0 Å². The van der Waals surface area contributed by atoms with Gasteiger partial charge in [0.1, 0.15) is 10.6 Å². The zero-order valence-electron chi connectivity index (χ0n) is 16.4. The lowest BCUT2D eigenvalue weighted by Crippen LogP contribution is -2.32. The molecular formula is C20H26ClN3O3S. The highest BCUT2D eigenvalue weighted by Gasteiger charge is 2.32. The minimum Gasteiger partial charge on any atom is -0.353 e. The first-order valence-electron chi connectivity index (χ1n) is 9.48. The number of nitrogens with one attached hydrogen (secondary N) is 2. The Balaban J connectivity index is 1.90. The van der Waals surface area contributed by atoms with Gasteiger partial charge in [-0.15, -0.1) is 0 Å². The Kier molecular flexibility index (Phi) is 6.17. The number of hydrogen-bond donors (Lipinski definition) is 2. The van der Waals surface area contributed by atoms with Gasteiger partial charge in [-0.2, -0.15) is 4.31 Å². The van der Waals surface area contributed by atoms with E-state index in [0.717, 1.165) is 31.2 Å². The van der Waals surface area contributed by atoms with Gasteiger partial charge in [-0.3, -0.25) is 4.79 Å².